The van der Waals surface area contributed by atoms with Crippen LogP contribution < -0.4 is 16.0 Å². The Labute approximate surface area is 204 Å². The number of aliphatic imine (C=N–C) groups is 1. The van der Waals surface area contributed by atoms with Crippen molar-refractivity contribution in [2.75, 3.05) is 25.5 Å². The van der Waals surface area contributed by atoms with E-state index in [2.05, 4.69) is 38.0 Å². The molecule has 1 amide bonds. The molecular weight excluding hydrogens is 501 g/mol. The molecule has 4 rings (SSSR count). The normalized spacial score (nSPS) is 23.0. The van der Waals surface area contributed by atoms with Gasteiger partial charge < -0.3 is 16.0 Å². The number of nitrogens with zero attached hydrogens (tertiary/aromatic N) is 2. The Morgan fingerprint density at radius 3 is 2.58 bits per heavy atom. The predicted molar refractivity (Wildman–Crippen MR) is 138 cm³/mol. The minimum atomic E-state index is 0. The van der Waals surface area contributed by atoms with E-state index in [-0.39, 0.29) is 35.8 Å². The molecule has 1 aromatic carbocycles. The number of rotatable bonds is 6. The van der Waals surface area contributed by atoms with E-state index in [9.17, 15) is 4.79 Å². The van der Waals surface area contributed by atoms with Gasteiger partial charge in [-0.05, 0) is 49.8 Å². The highest BCUT2D eigenvalue weighted by molar-refractivity contribution is 14.0. The average Bonchev–Trinajstić information content (AvgIpc) is 3.53. The van der Waals surface area contributed by atoms with Crippen LogP contribution in [-0.2, 0) is 11.3 Å². The molecule has 7 heteroatoms. The summed E-state index contributed by atoms with van der Waals surface area (Å²) in [4.78, 5) is 19.5. The van der Waals surface area contributed by atoms with Crippen LogP contribution in [0.5, 0.6) is 0 Å². The number of nitrogens with one attached hydrogen (secondary N) is 3. The topological polar surface area (TPSA) is 68.8 Å². The number of carbonyl (C=O) groups is 1. The molecule has 0 radical (unpaired) electrons. The summed E-state index contributed by atoms with van der Waals surface area (Å²) in [6.45, 7) is 3.00. The summed E-state index contributed by atoms with van der Waals surface area (Å²) >= 11 is 0. The third-order valence-electron chi connectivity index (χ3n) is 7.01. The van der Waals surface area contributed by atoms with Gasteiger partial charge in [0.05, 0.1) is 0 Å². The van der Waals surface area contributed by atoms with Crippen molar-refractivity contribution in [2.24, 2.45) is 10.9 Å². The van der Waals surface area contributed by atoms with E-state index in [0.717, 1.165) is 42.6 Å². The van der Waals surface area contributed by atoms with Gasteiger partial charge in [-0.25, -0.2) is 0 Å². The van der Waals surface area contributed by atoms with Crippen LogP contribution in [0.4, 0.5) is 5.69 Å². The molecule has 0 aromatic heterocycles. The molecule has 3 fully saturated rings. The van der Waals surface area contributed by atoms with Crippen LogP contribution in [0.3, 0.4) is 0 Å². The van der Waals surface area contributed by atoms with Crippen molar-refractivity contribution in [2.45, 2.75) is 76.4 Å². The third-order valence-corrected chi connectivity index (χ3v) is 7.01. The van der Waals surface area contributed by atoms with E-state index >= 15 is 0 Å². The third kappa shape index (κ3) is 6.81. The fourth-order valence-electron chi connectivity index (χ4n) is 5.27. The van der Waals surface area contributed by atoms with Gasteiger partial charge in [-0.1, -0.05) is 37.8 Å². The zero-order chi connectivity index (χ0) is 20.8. The first kappa shape index (κ1) is 24.3. The second-order valence-electron chi connectivity index (χ2n) is 9.16. The summed E-state index contributed by atoms with van der Waals surface area (Å²) in [6.07, 6.45) is 11.1. The van der Waals surface area contributed by atoms with Crippen LogP contribution in [0, 0.1) is 5.92 Å². The lowest BCUT2D eigenvalue weighted by atomic mass is 10.1. The van der Waals surface area contributed by atoms with E-state index in [0.29, 0.717) is 12.6 Å². The van der Waals surface area contributed by atoms with E-state index < -0.39 is 0 Å². The average molecular weight is 540 g/mol. The first-order valence-corrected chi connectivity index (χ1v) is 11.8. The molecule has 0 spiro atoms. The van der Waals surface area contributed by atoms with Crippen molar-refractivity contribution in [1.29, 1.82) is 0 Å². The fraction of sp³-hybridized carbons (Fsp3) is 0.667. The van der Waals surface area contributed by atoms with Gasteiger partial charge in [0.25, 0.3) is 0 Å². The number of likely N-dealkylation sites (tertiary alicyclic amines) is 1. The maximum absolute atomic E-state index is 12.4. The molecule has 0 bridgehead atoms. The molecule has 2 aliphatic carbocycles. The highest BCUT2D eigenvalue weighted by atomic mass is 127. The van der Waals surface area contributed by atoms with Crippen molar-refractivity contribution in [3.05, 3.63) is 29.8 Å². The minimum Gasteiger partial charge on any atom is -0.352 e. The zero-order valence-corrected chi connectivity index (χ0v) is 21.1. The molecule has 172 valence electrons. The van der Waals surface area contributed by atoms with Crippen LogP contribution in [0.15, 0.2) is 29.3 Å². The van der Waals surface area contributed by atoms with Crippen LogP contribution in [0.25, 0.3) is 0 Å². The number of amides is 1. The summed E-state index contributed by atoms with van der Waals surface area (Å²) in [5.41, 5.74) is 2.03. The van der Waals surface area contributed by atoms with E-state index in [4.69, 9.17) is 0 Å². The van der Waals surface area contributed by atoms with Gasteiger partial charge in [-0.15, -0.1) is 24.0 Å². The van der Waals surface area contributed by atoms with Gasteiger partial charge in [-0.3, -0.25) is 14.7 Å². The Morgan fingerprint density at radius 2 is 1.84 bits per heavy atom. The highest BCUT2D eigenvalue weighted by Crippen LogP contribution is 2.27. The van der Waals surface area contributed by atoms with Gasteiger partial charge in [0.2, 0.25) is 5.91 Å². The van der Waals surface area contributed by atoms with E-state index in [1.54, 1.807) is 0 Å². The summed E-state index contributed by atoms with van der Waals surface area (Å²) in [5, 5.41) is 10.1. The number of guanidine groups is 1. The second-order valence-corrected chi connectivity index (χ2v) is 9.16. The van der Waals surface area contributed by atoms with Gasteiger partial charge >= 0.3 is 0 Å². The van der Waals surface area contributed by atoms with Crippen LogP contribution >= 0.6 is 24.0 Å². The molecule has 1 atom stereocenters. The largest absolute Gasteiger partial charge is 0.352 e. The van der Waals surface area contributed by atoms with Gasteiger partial charge in [0.1, 0.15) is 0 Å². The van der Waals surface area contributed by atoms with Crippen LogP contribution in [-0.4, -0.2) is 49.0 Å². The first-order chi connectivity index (χ1) is 14.7. The van der Waals surface area contributed by atoms with Crippen LogP contribution in [0.2, 0.25) is 0 Å². The highest BCUT2D eigenvalue weighted by Gasteiger charge is 2.30. The molecule has 6 nitrogen and oxygen atoms in total. The van der Waals surface area contributed by atoms with Gasteiger partial charge in [0, 0.05) is 50.4 Å². The zero-order valence-electron chi connectivity index (χ0n) is 18.7. The molecule has 1 saturated heterocycles. The van der Waals surface area contributed by atoms with Crippen molar-refractivity contribution in [3.63, 3.8) is 0 Å². The second kappa shape index (κ2) is 12.0. The molecule has 1 aromatic rings. The SMILES string of the molecule is CN=C(NCc1cccc(NC(=O)C2CCCC2)c1)NC1CCN(C2CCCC2)C1.I. The molecule has 1 unspecified atom stereocenters. The summed E-state index contributed by atoms with van der Waals surface area (Å²) in [7, 11) is 1.83. The summed E-state index contributed by atoms with van der Waals surface area (Å²) in [5.74, 6) is 1.21. The number of anilines is 1. The van der Waals surface area contributed by atoms with Crippen molar-refractivity contribution in [1.82, 2.24) is 15.5 Å². The Bertz CT molecular complexity index is 743. The lowest BCUT2D eigenvalue weighted by Crippen LogP contribution is -2.45. The lowest BCUT2D eigenvalue weighted by molar-refractivity contribution is -0.119. The quantitative estimate of drug-likeness (QED) is 0.289. The summed E-state index contributed by atoms with van der Waals surface area (Å²) < 4.78 is 0. The summed E-state index contributed by atoms with van der Waals surface area (Å²) in [6, 6.07) is 9.39. The number of benzene rings is 1. The smallest absolute Gasteiger partial charge is 0.227 e. The van der Waals surface area contributed by atoms with Crippen LogP contribution in [0.1, 0.15) is 63.4 Å². The molecule has 3 aliphatic rings. The number of hydrogen-bond donors (Lipinski definition) is 3. The number of carbonyl (C=O) groups excluding carboxylic acids is 1. The number of hydrogen-bond acceptors (Lipinski definition) is 3. The van der Waals surface area contributed by atoms with Crippen molar-refractivity contribution in [3.8, 4) is 0 Å². The molecule has 2 saturated carbocycles. The molecule has 31 heavy (non-hydrogen) atoms. The predicted octanol–water partition coefficient (Wildman–Crippen LogP) is 4.12. The number of halogens is 1. The first-order valence-electron chi connectivity index (χ1n) is 11.8. The standard InChI is InChI=1S/C24H37N5O.HI/c1-25-24(28-21-13-14-29(17-21)22-11-4-5-12-22)26-16-18-7-6-10-20(15-18)27-23(30)19-8-2-3-9-19;/h6-7,10,15,19,21-22H,2-5,8-9,11-14,16-17H2,1H3,(H,27,30)(H2,25,26,28);1H. The molecule has 1 aliphatic heterocycles. The van der Waals surface area contributed by atoms with E-state index in [1.165, 1.54) is 51.5 Å². The van der Waals surface area contributed by atoms with Crippen molar-refractivity contribution < 1.29 is 4.79 Å². The van der Waals surface area contributed by atoms with Gasteiger partial charge in [0.15, 0.2) is 5.96 Å². The van der Waals surface area contributed by atoms with E-state index in [1.807, 2.05) is 19.2 Å². The molecule has 3 N–H and O–H groups in total. The van der Waals surface area contributed by atoms with Gasteiger partial charge in [-0.2, -0.15) is 0 Å². The Hall–Kier alpha value is -1.35. The monoisotopic (exact) mass is 539 g/mol. The Balaban J connectivity index is 0.00000272. The Kier molecular flexibility index (Phi) is 9.44. The molecule has 1 heterocycles. The van der Waals surface area contributed by atoms with Crippen molar-refractivity contribution >= 4 is 41.5 Å². The Morgan fingerprint density at radius 1 is 1.10 bits per heavy atom. The maximum atomic E-state index is 12.4. The molecular formula is C24H38IN5O. The lowest BCUT2D eigenvalue weighted by Gasteiger charge is -2.24. The minimum absolute atomic E-state index is 0. The maximum Gasteiger partial charge on any atom is 0.227 e. The fourth-order valence-corrected chi connectivity index (χ4v) is 5.27.